The number of sulfonamides is 1. The van der Waals surface area contributed by atoms with E-state index in [1.807, 2.05) is 0 Å². The molecular formula is C12H16F2N2O2S. The molecule has 4 nitrogen and oxygen atoms in total. The van der Waals surface area contributed by atoms with Crippen LogP contribution in [0.4, 0.5) is 8.78 Å². The third-order valence-electron chi connectivity index (χ3n) is 3.22. The summed E-state index contributed by atoms with van der Waals surface area (Å²) in [6.07, 6.45) is 1.75. The molecule has 7 heteroatoms. The third kappa shape index (κ3) is 3.71. The number of hydrogen-bond acceptors (Lipinski definition) is 3. The van der Waals surface area contributed by atoms with Gasteiger partial charge in [0.1, 0.15) is 0 Å². The Morgan fingerprint density at radius 2 is 2.05 bits per heavy atom. The molecule has 1 aliphatic rings. The molecule has 1 fully saturated rings. The van der Waals surface area contributed by atoms with Gasteiger partial charge in [0.25, 0.3) is 0 Å². The van der Waals surface area contributed by atoms with E-state index in [2.05, 4.69) is 10.0 Å². The summed E-state index contributed by atoms with van der Waals surface area (Å²) in [6, 6.07) is 3.37. The van der Waals surface area contributed by atoms with E-state index < -0.39 is 21.7 Å². The molecule has 2 atom stereocenters. The molecule has 0 aromatic heterocycles. The SMILES string of the molecule is CS(=O)(=O)NC1CNCCC1c1ccc(F)c(F)c1. The van der Waals surface area contributed by atoms with E-state index in [9.17, 15) is 17.2 Å². The molecule has 0 bridgehead atoms. The second-order valence-corrected chi connectivity index (χ2v) is 6.55. The van der Waals surface area contributed by atoms with E-state index in [1.54, 1.807) is 0 Å². The summed E-state index contributed by atoms with van der Waals surface area (Å²) in [5.41, 5.74) is 0.613. The van der Waals surface area contributed by atoms with E-state index in [0.29, 0.717) is 25.1 Å². The predicted molar refractivity (Wildman–Crippen MR) is 68.4 cm³/mol. The minimum absolute atomic E-state index is 0.161. The fraction of sp³-hybridized carbons (Fsp3) is 0.500. The van der Waals surface area contributed by atoms with E-state index in [-0.39, 0.29) is 12.0 Å². The zero-order valence-corrected chi connectivity index (χ0v) is 11.3. The van der Waals surface area contributed by atoms with Gasteiger partial charge in [0.15, 0.2) is 11.6 Å². The van der Waals surface area contributed by atoms with E-state index in [1.165, 1.54) is 6.07 Å². The smallest absolute Gasteiger partial charge is 0.209 e. The first-order valence-electron chi connectivity index (χ1n) is 6.00. The average Bonchev–Trinajstić information content (AvgIpc) is 2.31. The zero-order valence-electron chi connectivity index (χ0n) is 10.5. The molecule has 1 heterocycles. The first-order chi connectivity index (χ1) is 8.87. The summed E-state index contributed by atoms with van der Waals surface area (Å²) in [7, 11) is -3.34. The Morgan fingerprint density at radius 1 is 1.32 bits per heavy atom. The van der Waals surface area contributed by atoms with Crippen molar-refractivity contribution in [3.05, 3.63) is 35.4 Å². The highest BCUT2D eigenvalue weighted by Gasteiger charge is 2.29. The van der Waals surface area contributed by atoms with Gasteiger partial charge in [-0.3, -0.25) is 0 Å². The van der Waals surface area contributed by atoms with Crippen molar-refractivity contribution >= 4 is 10.0 Å². The van der Waals surface area contributed by atoms with Gasteiger partial charge in [-0.05, 0) is 30.7 Å². The van der Waals surface area contributed by atoms with Crippen LogP contribution >= 0.6 is 0 Å². The second kappa shape index (κ2) is 5.52. The summed E-state index contributed by atoms with van der Waals surface area (Å²) in [5.74, 6) is -1.97. The highest BCUT2D eigenvalue weighted by molar-refractivity contribution is 7.88. The van der Waals surface area contributed by atoms with Crippen molar-refractivity contribution in [1.29, 1.82) is 0 Å². The van der Waals surface area contributed by atoms with Crippen LogP contribution in [-0.2, 0) is 10.0 Å². The lowest BCUT2D eigenvalue weighted by atomic mass is 9.86. The zero-order chi connectivity index (χ0) is 14.0. The normalized spacial score (nSPS) is 24.4. The first-order valence-corrected chi connectivity index (χ1v) is 7.89. The van der Waals surface area contributed by atoms with Gasteiger partial charge in [-0.1, -0.05) is 6.07 Å². The molecule has 2 unspecified atom stereocenters. The minimum Gasteiger partial charge on any atom is -0.315 e. The number of halogens is 2. The molecule has 1 saturated heterocycles. The maximum Gasteiger partial charge on any atom is 0.209 e. The Kier molecular flexibility index (Phi) is 4.17. The van der Waals surface area contributed by atoms with Crippen molar-refractivity contribution in [2.45, 2.75) is 18.4 Å². The lowest BCUT2D eigenvalue weighted by Crippen LogP contribution is -2.49. The number of nitrogens with one attached hydrogen (secondary N) is 2. The molecule has 2 rings (SSSR count). The summed E-state index contributed by atoms with van der Waals surface area (Å²) >= 11 is 0. The highest BCUT2D eigenvalue weighted by Crippen LogP contribution is 2.27. The standard InChI is InChI=1S/C12H16F2N2O2S/c1-19(17,18)16-12-7-15-5-4-9(12)8-2-3-10(13)11(14)6-8/h2-3,6,9,12,15-16H,4-5,7H2,1H3. The van der Waals surface area contributed by atoms with Crippen LogP contribution in [0.3, 0.4) is 0 Å². The Balaban J connectivity index is 2.26. The summed E-state index contributed by atoms with van der Waals surface area (Å²) in [4.78, 5) is 0. The molecule has 0 radical (unpaired) electrons. The van der Waals surface area contributed by atoms with Gasteiger partial charge < -0.3 is 5.32 Å². The molecule has 0 aliphatic carbocycles. The summed E-state index contributed by atoms with van der Waals surface area (Å²) in [5, 5.41) is 3.09. The number of hydrogen-bond donors (Lipinski definition) is 2. The van der Waals surface area contributed by atoms with Gasteiger partial charge in [-0.15, -0.1) is 0 Å². The average molecular weight is 290 g/mol. The van der Waals surface area contributed by atoms with E-state index >= 15 is 0 Å². The van der Waals surface area contributed by atoms with E-state index in [4.69, 9.17) is 0 Å². The molecule has 0 amide bonds. The Morgan fingerprint density at radius 3 is 2.68 bits per heavy atom. The van der Waals surface area contributed by atoms with Crippen LogP contribution < -0.4 is 10.0 Å². The van der Waals surface area contributed by atoms with Gasteiger partial charge in [0.05, 0.1) is 6.26 Å². The molecule has 19 heavy (non-hydrogen) atoms. The van der Waals surface area contributed by atoms with Crippen LogP contribution in [0.15, 0.2) is 18.2 Å². The molecule has 0 saturated carbocycles. The van der Waals surface area contributed by atoms with Crippen molar-refractivity contribution in [1.82, 2.24) is 10.0 Å². The predicted octanol–water partition coefficient (Wildman–Crippen LogP) is 0.959. The van der Waals surface area contributed by atoms with E-state index in [0.717, 1.165) is 18.4 Å². The van der Waals surface area contributed by atoms with Crippen LogP contribution in [0.25, 0.3) is 0 Å². The molecule has 106 valence electrons. The highest BCUT2D eigenvalue weighted by atomic mass is 32.2. The maximum absolute atomic E-state index is 13.3. The third-order valence-corrected chi connectivity index (χ3v) is 3.95. The van der Waals surface area contributed by atoms with Crippen molar-refractivity contribution in [3.8, 4) is 0 Å². The number of benzene rings is 1. The monoisotopic (exact) mass is 290 g/mol. The lowest BCUT2D eigenvalue weighted by Gasteiger charge is -2.32. The first kappa shape index (κ1) is 14.4. The quantitative estimate of drug-likeness (QED) is 0.872. The van der Waals surface area contributed by atoms with Gasteiger partial charge in [0.2, 0.25) is 10.0 Å². The van der Waals surface area contributed by atoms with Crippen LogP contribution in [-0.4, -0.2) is 33.8 Å². The topological polar surface area (TPSA) is 58.2 Å². The van der Waals surface area contributed by atoms with Crippen molar-refractivity contribution in [2.24, 2.45) is 0 Å². The fourth-order valence-corrected chi connectivity index (χ4v) is 3.20. The molecule has 2 N–H and O–H groups in total. The van der Waals surface area contributed by atoms with Crippen molar-refractivity contribution in [2.75, 3.05) is 19.3 Å². The molecule has 1 aromatic rings. The van der Waals surface area contributed by atoms with Crippen LogP contribution in [0.5, 0.6) is 0 Å². The molecule has 0 spiro atoms. The lowest BCUT2D eigenvalue weighted by molar-refractivity contribution is 0.377. The summed E-state index contributed by atoms with van der Waals surface area (Å²) in [6.45, 7) is 1.18. The fourth-order valence-electron chi connectivity index (χ4n) is 2.40. The Hall–Kier alpha value is -1.05. The maximum atomic E-state index is 13.3. The Bertz CT molecular complexity index is 563. The largest absolute Gasteiger partial charge is 0.315 e. The number of rotatable bonds is 3. The molecular weight excluding hydrogens is 274 g/mol. The minimum atomic E-state index is -3.34. The van der Waals surface area contributed by atoms with Gasteiger partial charge in [-0.25, -0.2) is 21.9 Å². The van der Waals surface area contributed by atoms with Gasteiger partial charge in [0, 0.05) is 18.5 Å². The summed E-state index contributed by atoms with van der Waals surface area (Å²) < 4.78 is 51.4. The van der Waals surface area contributed by atoms with Gasteiger partial charge >= 0.3 is 0 Å². The van der Waals surface area contributed by atoms with Crippen molar-refractivity contribution < 1.29 is 17.2 Å². The molecule has 1 aliphatic heterocycles. The van der Waals surface area contributed by atoms with Crippen LogP contribution in [0, 0.1) is 11.6 Å². The van der Waals surface area contributed by atoms with Crippen molar-refractivity contribution in [3.63, 3.8) is 0 Å². The number of piperidine rings is 1. The van der Waals surface area contributed by atoms with Crippen LogP contribution in [0.2, 0.25) is 0 Å². The van der Waals surface area contributed by atoms with Gasteiger partial charge in [-0.2, -0.15) is 0 Å². The Labute approximate surface area is 111 Å². The van der Waals surface area contributed by atoms with Crippen LogP contribution in [0.1, 0.15) is 17.9 Å². The second-order valence-electron chi connectivity index (χ2n) is 4.77. The molecule has 1 aromatic carbocycles.